The third kappa shape index (κ3) is 6.68. The summed E-state index contributed by atoms with van der Waals surface area (Å²) in [5, 5.41) is 8.73. The molecule has 0 spiro atoms. The van der Waals surface area contributed by atoms with E-state index in [4.69, 9.17) is 4.74 Å². The Labute approximate surface area is 212 Å². The Balaban J connectivity index is 1.23. The van der Waals surface area contributed by atoms with Crippen LogP contribution in [0.4, 0.5) is 13.2 Å². The number of hydrogen-bond acceptors (Lipinski definition) is 5. The lowest BCUT2D eigenvalue weighted by atomic mass is 9.81. The van der Waals surface area contributed by atoms with Crippen molar-refractivity contribution in [2.75, 3.05) is 39.4 Å². The van der Waals surface area contributed by atoms with E-state index in [0.29, 0.717) is 57.7 Å². The predicted octanol–water partition coefficient (Wildman–Crippen LogP) is 2.40. The van der Waals surface area contributed by atoms with Gasteiger partial charge < -0.3 is 20.3 Å². The van der Waals surface area contributed by atoms with Crippen molar-refractivity contribution in [1.29, 1.82) is 0 Å². The SMILES string of the molecule is O=C(NCCNC(=O)[C@H]1CC[C@H](C(=O)N2CCOCC2)CC1)c1cn(-c2ccccc2)nc1C(F)(F)F. The molecule has 2 aliphatic rings. The smallest absolute Gasteiger partial charge is 0.378 e. The van der Waals surface area contributed by atoms with Gasteiger partial charge in [-0.05, 0) is 37.8 Å². The second-order valence-corrected chi connectivity index (χ2v) is 9.20. The summed E-state index contributed by atoms with van der Waals surface area (Å²) in [6.45, 7) is 2.33. The summed E-state index contributed by atoms with van der Waals surface area (Å²) < 4.78 is 46.7. The second-order valence-electron chi connectivity index (χ2n) is 9.20. The third-order valence-corrected chi connectivity index (χ3v) is 6.73. The fourth-order valence-corrected chi connectivity index (χ4v) is 4.71. The van der Waals surface area contributed by atoms with Crippen molar-refractivity contribution in [1.82, 2.24) is 25.3 Å². The van der Waals surface area contributed by atoms with Crippen molar-refractivity contribution in [3.8, 4) is 5.69 Å². The molecule has 2 heterocycles. The minimum atomic E-state index is -4.80. The minimum absolute atomic E-state index is 0.0384. The first-order valence-corrected chi connectivity index (χ1v) is 12.4. The molecule has 0 radical (unpaired) electrons. The molecular formula is C25H30F3N5O4. The quantitative estimate of drug-likeness (QED) is 0.545. The van der Waals surface area contributed by atoms with Crippen molar-refractivity contribution >= 4 is 17.7 Å². The normalized spacial score (nSPS) is 20.4. The molecule has 1 saturated carbocycles. The van der Waals surface area contributed by atoms with E-state index >= 15 is 0 Å². The van der Waals surface area contributed by atoms with Crippen LogP contribution in [0.3, 0.4) is 0 Å². The number of alkyl halides is 3. The van der Waals surface area contributed by atoms with Gasteiger partial charge in [-0.1, -0.05) is 18.2 Å². The molecule has 1 aliphatic carbocycles. The highest BCUT2D eigenvalue weighted by atomic mass is 19.4. The Morgan fingerprint density at radius 3 is 2.22 bits per heavy atom. The number of nitrogens with zero attached hydrogens (tertiary/aromatic N) is 3. The van der Waals surface area contributed by atoms with Crippen LogP contribution in [-0.2, 0) is 20.5 Å². The fraction of sp³-hybridized carbons (Fsp3) is 0.520. The van der Waals surface area contributed by atoms with Gasteiger partial charge in [-0.3, -0.25) is 14.4 Å². The van der Waals surface area contributed by atoms with E-state index in [9.17, 15) is 27.6 Å². The zero-order valence-electron chi connectivity index (χ0n) is 20.3. The number of carbonyl (C=O) groups is 3. The molecule has 1 aromatic carbocycles. The van der Waals surface area contributed by atoms with Crippen molar-refractivity contribution in [3.63, 3.8) is 0 Å². The van der Waals surface area contributed by atoms with E-state index in [1.807, 2.05) is 4.90 Å². The number of nitrogens with one attached hydrogen (secondary N) is 2. The molecule has 1 aromatic heterocycles. The minimum Gasteiger partial charge on any atom is -0.378 e. The summed E-state index contributed by atoms with van der Waals surface area (Å²) in [5.41, 5.74) is -1.48. The summed E-state index contributed by atoms with van der Waals surface area (Å²) >= 11 is 0. The fourth-order valence-electron chi connectivity index (χ4n) is 4.71. The van der Waals surface area contributed by atoms with Crippen LogP contribution in [0.25, 0.3) is 5.69 Å². The highest BCUT2D eigenvalue weighted by Gasteiger charge is 2.39. The average Bonchev–Trinajstić information content (AvgIpc) is 3.38. The summed E-state index contributed by atoms with van der Waals surface area (Å²) in [5.74, 6) is -1.30. The average molecular weight is 522 g/mol. The van der Waals surface area contributed by atoms with Crippen LogP contribution in [0.15, 0.2) is 36.5 Å². The molecule has 0 bridgehead atoms. The Kier molecular flexibility index (Phi) is 8.47. The van der Waals surface area contributed by atoms with E-state index in [0.717, 1.165) is 10.9 Å². The van der Waals surface area contributed by atoms with Gasteiger partial charge in [-0.25, -0.2) is 4.68 Å². The van der Waals surface area contributed by atoms with Crippen LogP contribution in [0, 0.1) is 11.8 Å². The van der Waals surface area contributed by atoms with Crippen LogP contribution in [0.5, 0.6) is 0 Å². The monoisotopic (exact) mass is 521 g/mol. The zero-order valence-corrected chi connectivity index (χ0v) is 20.3. The molecule has 0 unspecified atom stereocenters. The van der Waals surface area contributed by atoms with E-state index in [2.05, 4.69) is 15.7 Å². The molecule has 3 amide bonds. The number of hydrogen-bond donors (Lipinski definition) is 2. The summed E-state index contributed by atoms with van der Waals surface area (Å²) in [6, 6.07) is 8.19. The second kappa shape index (κ2) is 11.8. The lowest BCUT2D eigenvalue weighted by Crippen LogP contribution is -2.45. The summed E-state index contributed by atoms with van der Waals surface area (Å²) in [4.78, 5) is 39.5. The van der Waals surface area contributed by atoms with Crippen molar-refractivity contribution in [2.45, 2.75) is 31.9 Å². The number of aromatic nitrogens is 2. The van der Waals surface area contributed by atoms with Crippen LogP contribution in [-0.4, -0.2) is 71.8 Å². The van der Waals surface area contributed by atoms with Crippen LogP contribution >= 0.6 is 0 Å². The van der Waals surface area contributed by atoms with Gasteiger partial charge in [0.15, 0.2) is 5.69 Å². The highest BCUT2D eigenvalue weighted by Crippen LogP contribution is 2.32. The summed E-state index contributed by atoms with van der Waals surface area (Å²) in [7, 11) is 0. The maximum absolute atomic E-state index is 13.5. The van der Waals surface area contributed by atoms with Gasteiger partial charge in [-0.2, -0.15) is 18.3 Å². The van der Waals surface area contributed by atoms with Crippen LogP contribution < -0.4 is 10.6 Å². The van der Waals surface area contributed by atoms with Crippen LogP contribution in [0.2, 0.25) is 0 Å². The third-order valence-electron chi connectivity index (χ3n) is 6.73. The molecule has 200 valence electrons. The van der Waals surface area contributed by atoms with Gasteiger partial charge in [0.1, 0.15) is 0 Å². The van der Waals surface area contributed by atoms with Crippen molar-refractivity contribution in [2.24, 2.45) is 11.8 Å². The largest absolute Gasteiger partial charge is 0.435 e. The molecular weight excluding hydrogens is 491 g/mol. The van der Waals surface area contributed by atoms with Gasteiger partial charge >= 0.3 is 6.18 Å². The maximum Gasteiger partial charge on any atom is 0.435 e. The van der Waals surface area contributed by atoms with Gasteiger partial charge in [0.2, 0.25) is 11.8 Å². The Bertz CT molecular complexity index is 1090. The zero-order chi connectivity index (χ0) is 26.4. The van der Waals surface area contributed by atoms with E-state index in [-0.39, 0.29) is 36.7 Å². The lowest BCUT2D eigenvalue weighted by Gasteiger charge is -2.33. The lowest BCUT2D eigenvalue weighted by molar-refractivity contribution is -0.142. The number of amides is 3. The van der Waals surface area contributed by atoms with Crippen LogP contribution in [0.1, 0.15) is 41.7 Å². The maximum atomic E-state index is 13.5. The molecule has 37 heavy (non-hydrogen) atoms. The number of carbonyl (C=O) groups excluding carboxylic acids is 3. The Morgan fingerprint density at radius 2 is 1.57 bits per heavy atom. The Morgan fingerprint density at radius 1 is 0.946 bits per heavy atom. The van der Waals surface area contributed by atoms with E-state index in [1.165, 1.54) is 0 Å². The van der Waals surface area contributed by atoms with Gasteiger partial charge in [0.25, 0.3) is 5.91 Å². The van der Waals surface area contributed by atoms with Gasteiger partial charge in [-0.15, -0.1) is 0 Å². The number of para-hydroxylation sites is 1. The number of morpholine rings is 1. The first kappa shape index (κ1) is 26.6. The standard InChI is InChI=1S/C25H30F3N5O4/c26-25(27,28)21-20(16-33(31-21)19-4-2-1-3-5-19)23(35)30-11-10-29-22(34)17-6-8-18(9-7-17)24(36)32-12-14-37-15-13-32/h1-5,16-18H,6-15H2,(H,29,34)(H,30,35)/t17-,18-. The van der Waals surface area contributed by atoms with E-state index in [1.54, 1.807) is 30.3 Å². The van der Waals surface area contributed by atoms with E-state index < -0.39 is 23.3 Å². The van der Waals surface area contributed by atoms with Crippen molar-refractivity contribution in [3.05, 3.63) is 47.8 Å². The molecule has 1 aliphatic heterocycles. The number of ether oxygens (including phenoxy) is 1. The first-order chi connectivity index (χ1) is 17.7. The molecule has 2 aromatic rings. The number of benzene rings is 1. The Hall–Kier alpha value is -3.41. The predicted molar refractivity (Wildman–Crippen MR) is 127 cm³/mol. The molecule has 2 fully saturated rings. The molecule has 12 heteroatoms. The highest BCUT2D eigenvalue weighted by molar-refractivity contribution is 5.95. The molecule has 4 rings (SSSR count). The topological polar surface area (TPSA) is 106 Å². The number of rotatable bonds is 7. The molecule has 2 N–H and O–H groups in total. The molecule has 1 saturated heterocycles. The number of halogens is 3. The van der Waals surface area contributed by atoms with Gasteiger partial charge in [0, 0.05) is 44.2 Å². The van der Waals surface area contributed by atoms with Gasteiger partial charge in [0.05, 0.1) is 24.5 Å². The molecule has 9 nitrogen and oxygen atoms in total. The van der Waals surface area contributed by atoms with Crippen molar-refractivity contribution < 1.29 is 32.3 Å². The summed E-state index contributed by atoms with van der Waals surface area (Å²) in [6.07, 6.45) is -1.31. The first-order valence-electron chi connectivity index (χ1n) is 12.4. The molecule has 0 atom stereocenters.